The number of anilines is 2. The highest BCUT2D eigenvalue weighted by Gasteiger charge is 2.27. The van der Waals surface area contributed by atoms with E-state index in [1.807, 2.05) is 37.3 Å². The third-order valence-corrected chi connectivity index (χ3v) is 6.28. The number of para-hydroxylation sites is 1. The van der Waals surface area contributed by atoms with Crippen LogP contribution < -0.4 is 9.62 Å². The quantitative estimate of drug-likeness (QED) is 0.730. The van der Waals surface area contributed by atoms with E-state index in [0.717, 1.165) is 16.8 Å². The lowest BCUT2D eigenvalue weighted by Gasteiger charge is -2.18. The fourth-order valence-electron chi connectivity index (χ4n) is 3.38. The number of hydrogen-bond acceptors (Lipinski definition) is 3. The Morgan fingerprint density at radius 1 is 0.964 bits per heavy atom. The van der Waals surface area contributed by atoms with Gasteiger partial charge < -0.3 is 4.90 Å². The zero-order chi connectivity index (χ0) is 19.7. The molecule has 0 spiro atoms. The molecule has 142 valence electrons. The molecule has 0 aliphatic carbocycles. The maximum atomic E-state index is 12.8. The zero-order valence-electron chi connectivity index (χ0n) is 15.4. The summed E-state index contributed by atoms with van der Waals surface area (Å²) in [7, 11) is -3.70. The van der Waals surface area contributed by atoms with Crippen LogP contribution in [0.15, 0.2) is 77.7 Å². The molecule has 1 heterocycles. The minimum atomic E-state index is -3.70. The van der Waals surface area contributed by atoms with Crippen molar-refractivity contribution in [3.63, 3.8) is 0 Å². The summed E-state index contributed by atoms with van der Waals surface area (Å²) in [6, 6.07) is 21.3. The van der Waals surface area contributed by atoms with Gasteiger partial charge in [-0.3, -0.25) is 9.52 Å². The molecule has 1 N–H and O–H groups in total. The van der Waals surface area contributed by atoms with Gasteiger partial charge in [-0.2, -0.15) is 0 Å². The fraction of sp³-hybridized carbons (Fsp3) is 0.136. The van der Waals surface area contributed by atoms with E-state index in [2.05, 4.69) is 4.72 Å². The Bertz CT molecular complexity index is 1140. The number of fused-ring (bicyclic) bond motifs is 1. The SMILES string of the molecule is Cc1ccccc1NS(=O)(=O)c1ccc2c(c1)CCN2C(=O)c1ccccc1. The lowest BCUT2D eigenvalue weighted by Crippen LogP contribution is -2.28. The van der Waals surface area contributed by atoms with Crippen molar-refractivity contribution in [2.45, 2.75) is 18.2 Å². The van der Waals surface area contributed by atoms with Crippen LogP contribution >= 0.6 is 0 Å². The summed E-state index contributed by atoms with van der Waals surface area (Å²) in [5, 5.41) is 0. The first-order valence-corrected chi connectivity index (χ1v) is 10.5. The predicted molar refractivity (Wildman–Crippen MR) is 110 cm³/mol. The Balaban J connectivity index is 1.62. The van der Waals surface area contributed by atoms with Crippen LogP contribution in [-0.2, 0) is 16.4 Å². The minimum absolute atomic E-state index is 0.0759. The topological polar surface area (TPSA) is 66.5 Å². The van der Waals surface area contributed by atoms with E-state index < -0.39 is 10.0 Å². The summed E-state index contributed by atoms with van der Waals surface area (Å²) in [6.07, 6.45) is 0.627. The molecule has 1 aliphatic rings. The molecule has 5 nitrogen and oxygen atoms in total. The lowest BCUT2D eigenvalue weighted by molar-refractivity contribution is 0.0989. The minimum Gasteiger partial charge on any atom is -0.308 e. The smallest absolute Gasteiger partial charge is 0.261 e. The lowest BCUT2D eigenvalue weighted by atomic mass is 10.1. The highest BCUT2D eigenvalue weighted by atomic mass is 32.2. The summed E-state index contributed by atoms with van der Waals surface area (Å²) >= 11 is 0. The van der Waals surface area contributed by atoms with Crippen LogP contribution in [0.25, 0.3) is 0 Å². The summed E-state index contributed by atoms with van der Waals surface area (Å²) < 4.78 is 28.2. The number of amides is 1. The Morgan fingerprint density at radius 3 is 2.43 bits per heavy atom. The van der Waals surface area contributed by atoms with Crippen LogP contribution in [0.1, 0.15) is 21.5 Å². The number of rotatable bonds is 4. The summed E-state index contributed by atoms with van der Waals surface area (Å²) in [6.45, 7) is 2.39. The molecular formula is C22H20N2O3S. The predicted octanol–water partition coefficient (Wildman–Crippen LogP) is 4.00. The Kier molecular flexibility index (Phi) is 4.65. The summed E-state index contributed by atoms with van der Waals surface area (Å²) in [4.78, 5) is 14.7. The Hall–Kier alpha value is -3.12. The fourth-order valence-corrected chi connectivity index (χ4v) is 4.56. The second-order valence-electron chi connectivity index (χ2n) is 6.78. The number of hydrogen-bond donors (Lipinski definition) is 1. The molecule has 1 amide bonds. The van der Waals surface area contributed by atoms with Crippen LogP contribution in [-0.4, -0.2) is 20.9 Å². The van der Waals surface area contributed by atoms with Gasteiger partial charge in [0.05, 0.1) is 10.6 Å². The number of nitrogens with zero attached hydrogens (tertiary/aromatic N) is 1. The number of carbonyl (C=O) groups is 1. The second kappa shape index (κ2) is 7.13. The first-order valence-electron chi connectivity index (χ1n) is 9.04. The molecule has 6 heteroatoms. The molecule has 4 rings (SSSR count). The van der Waals surface area contributed by atoms with Crippen LogP contribution in [0.4, 0.5) is 11.4 Å². The standard InChI is InChI=1S/C22H20N2O3S/c1-16-7-5-6-10-20(16)23-28(26,27)19-11-12-21-18(15-19)13-14-24(21)22(25)17-8-3-2-4-9-17/h2-12,15,23H,13-14H2,1H3. The second-order valence-corrected chi connectivity index (χ2v) is 8.47. The van der Waals surface area contributed by atoms with E-state index in [4.69, 9.17) is 0 Å². The number of nitrogens with one attached hydrogen (secondary N) is 1. The highest BCUT2D eigenvalue weighted by Crippen LogP contribution is 2.32. The van der Waals surface area contributed by atoms with Gasteiger partial charge in [-0.05, 0) is 60.9 Å². The van der Waals surface area contributed by atoms with E-state index in [1.54, 1.807) is 47.4 Å². The molecule has 0 saturated heterocycles. The van der Waals surface area contributed by atoms with Gasteiger partial charge in [-0.1, -0.05) is 36.4 Å². The zero-order valence-corrected chi connectivity index (χ0v) is 16.2. The van der Waals surface area contributed by atoms with Gasteiger partial charge in [-0.25, -0.2) is 8.42 Å². The molecule has 28 heavy (non-hydrogen) atoms. The molecule has 1 aliphatic heterocycles. The first kappa shape index (κ1) is 18.3. The van der Waals surface area contributed by atoms with Crippen LogP contribution in [0.5, 0.6) is 0 Å². The molecule has 0 unspecified atom stereocenters. The van der Waals surface area contributed by atoms with Crippen molar-refractivity contribution < 1.29 is 13.2 Å². The molecule has 0 radical (unpaired) electrons. The first-order chi connectivity index (χ1) is 13.5. The Labute approximate surface area is 164 Å². The maximum absolute atomic E-state index is 12.8. The van der Waals surface area contributed by atoms with Crippen molar-refractivity contribution in [2.75, 3.05) is 16.2 Å². The van der Waals surface area contributed by atoms with Crippen LogP contribution in [0.3, 0.4) is 0 Å². The van der Waals surface area contributed by atoms with Gasteiger partial charge in [-0.15, -0.1) is 0 Å². The molecular weight excluding hydrogens is 372 g/mol. The van der Waals surface area contributed by atoms with E-state index in [9.17, 15) is 13.2 Å². The number of benzene rings is 3. The average Bonchev–Trinajstić information content (AvgIpc) is 3.13. The highest BCUT2D eigenvalue weighted by molar-refractivity contribution is 7.92. The van der Waals surface area contributed by atoms with Gasteiger partial charge in [0.1, 0.15) is 0 Å². The van der Waals surface area contributed by atoms with Crippen molar-refractivity contribution in [3.05, 3.63) is 89.5 Å². The number of sulfonamides is 1. The van der Waals surface area contributed by atoms with E-state index >= 15 is 0 Å². The molecule has 3 aromatic carbocycles. The molecule has 3 aromatic rings. The average molecular weight is 392 g/mol. The normalized spacial score (nSPS) is 13.2. The van der Waals surface area contributed by atoms with Gasteiger partial charge in [0.2, 0.25) is 0 Å². The number of aryl methyl sites for hydroxylation is 1. The Morgan fingerprint density at radius 2 is 1.68 bits per heavy atom. The molecule has 0 aromatic heterocycles. The summed E-state index contributed by atoms with van der Waals surface area (Å²) in [5.41, 5.74) is 3.66. The van der Waals surface area contributed by atoms with Crippen molar-refractivity contribution in [2.24, 2.45) is 0 Å². The maximum Gasteiger partial charge on any atom is 0.261 e. The van der Waals surface area contributed by atoms with Crippen LogP contribution in [0.2, 0.25) is 0 Å². The van der Waals surface area contributed by atoms with Gasteiger partial charge in [0, 0.05) is 17.8 Å². The van der Waals surface area contributed by atoms with Gasteiger partial charge >= 0.3 is 0 Å². The summed E-state index contributed by atoms with van der Waals surface area (Å²) in [5.74, 6) is -0.0759. The monoisotopic (exact) mass is 392 g/mol. The molecule has 0 saturated carbocycles. The molecule has 0 fully saturated rings. The van der Waals surface area contributed by atoms with Crippen molar-refractivity contribution in [1.29, 1.82) is 0 Å². The van der Waals surface area contributed by atoms with E-state index in [1.165, 1.54) is 0 Å². The third kappa shape index (κ3) is 3.39. The molecule has 0 atom stereocenters. The van der Waals surface area contributed by atoms with Crippen molar-refractivity contribution in [1.82, 2.24) is 0 Å². The van der Waals surface area contributed by atoms with Gasteiger partial charge in [0.25, 0.3) is 15.9 Å². The van der Waals surface area contributed by atoms with Crippen molar-refractivity contribution in [3.8, 4) is 0 Å². The van der Waals surface area contributed by atoms with Gasteiger partial charge in [0.15, 0.2) is 0 Å². The van der Waals surface area contributed by atoms with Crippen molar-refractivity contribution >= 4 is 27.3 Å². The molecule has 0 bridgehead atoms. The van der Waals surface area contributed by atoms with E-state index in [-0.39, 0.29) is 10.8 Å². The largest absolute Gasteiger partial charge is 0.308 e. The van der Waals surface area contributed by atoms with Crippen LogP contribution in [0, 0.1) is 6.92 Å². The van der Waals surface area contributed by atoms with E-state index in [0.29, 0.717) is 24.2 Å². The number of carbonyl (C=O) groups excluding carboxylic acids is 1. The third-order valence-electron chi connectivity index (χ3n) is 4.91.